The highest BCUT2D eigenvalue weighted by molar-refractivity contribution is 5.68. The number of hydrogen-bond acceptors (Lipinski definition) is 3. The zero-order valence-corrected chi connectivity index (χ0v) is 12.0. The largest absolute Gasteiger partial charge is 0.373 e. The second-order valence-electron chi connectivity index (χ2n) is 5.39. The molecule has 2 aromatic rings. The Labute approximate surface area is 118 Å². The summed E-state index contributed by atoms with van der Waals surface area (Å²) in [6, 6.07) is 5.27. The Morgan fingerprint density at radius 1 is 1.20 bits per heavy atom. The number of benzene rings is 1. The normalized spacial score (nSPS) is 14.4. The van der Waals surface area contributed by atoms with Crippen LogP contribution in [-0.2, 0) is 0 Å². The molecule has 1 aromatic carbocycles. The van der Waals surface area contributed by atoms with Gasteiger partial charge in [0, 0.05) is 24.1 Å². The zero-order chi connectivity index (χ0) is 14.3. The van der Waals surface area contributed by atoms with Crippen LogP contribution in [-0.4, -0.2) is 17.0 Å². The van der Waals surface area contributed by atoms with Crippen molar-refractivity contribution in [2.24, 2.45) is 0 Å². The summed E-state index contributed by atoms with van der Waals surface area (Å²) in [4.78, 5) is 9.23. The number of rotatable bonds is 3. The van der Waals surface area contributed by atoms with Crippen LogP contribution in [0, 0.1) is 19.7 Å². The Morgan fingerprint density at radius 2 is 1.95 bits per heavy atom. The van der Waals surface area contributed by atoms with Crippen LogP contribution in [0.3, 0.4) is 0 Å². The molecule has 0 unspecified atom stereocenters. The summed E-state index contributed by atoms with van der Waals surface area (Å²) in [7, 11) is 1.85. The molecular weight excluding hydrogens is 253 g/mol. The van der Waals surface area contributed by atoms with E-state index in [1.165, 1.54) is 0 Å². The molecule has 4 heteroatoms. The van der Waals surface area contributed by atoms with E-state index in [1.807, 2.05) is 20.0 Å². The Bertz CT molecular complexity index is 663. The lowest BCUT2D eigenvalue weighted by Gasteiger charge is -2.12. The smallest absolute Gasteiger partial charge is 0.134 e. The fraction of sp³-hybridized carbons (Fsp3) is 0.375. The molecule has 1 N–H and O–H groups in total. The van der Waals surface area contributed by atoms with Crippen LogP contribution in [0.15, 0.2) is 18.2 Å². The molecule has 20 heavy (non-hydrogen) atoms. The van der Waals surface area contributed by atoms with Crippen LogP contribution in [0.5, 0.6) is 0 Å². The fourth-order valence-electron chi connectivity index (χ4n) is 2.32. The van der Waals surface area contributed by atoms with Crippen molar-refractivity contribution in [1.82, 2.24) is 9.97 Å². The summed E-state index contributed by atoms with van der Waals surface area (Å²) in [5, 5.41) is 3.11. The third-order valence-electron chi connectivity index (χ3n) is 3.79. The van der Waals surface area contributed by atoms with Crippen molar-refractivity contribution < 1.29 is 4.39 Å². The van der Waals surface area contributed by atoms with Crippen molar-refractivity contribution in [3.63, 3.8) is 0 Å². The summed E-state index contributed by atoms with van der Waals surface area (Å²) in [5.74, 6) is 1.98. The average Bonchev–Trinajstić information content (AvgIpc) is 3.27. The maximum Gasteiger partial charge on any atom is 0.134 e. The van der Waals surface area contributed by atoms with Gasteiger partial charge in [-0.1, -0.05) is 12.1 Å². The van der Waals surface area contributed by atoms with Gasteiger partial charge >= 0.3 is 0 Å². The summed E-state index contributed by atoms with van der Waals surface area (Å²) < 4.78 is 13.8. The van der Waals surface area contributed by atoms with E-state index in [9.17, 15) is 4.39 Å². The van der Waals surface area contributed by atoms with Gasteiger partial charge in [-0.15, -0.1) is 0 Å². The number of nitrogens with one attached hydrogen (secondary N) is 1. The van der Waals surface area contributed by atoms with E-state index in [-0.39, 0.29) is 5.82 Å². The molecule has 1 aliphatic carbocycles. The van der Waals surface area contributed by atoms with Gasteiger partial charge in [0.15, 0.2) is 0 Å². The lowest BCUT2D eigenvalue weighted by Crippen LogP contribution is -2.04. The molecule has 1 heterocycles. The van der Waals surface area contributed by atoms with Gasteiger partial charge in [0.2, 0.25) is 0 Å². The quantitative estimate of drug-likeness (QED) is 0.922. The van der Waals surface area contributed by atoms with Crippen molar-refractivity contribution in [2.45, 2.75) is 32.6 Å². The Hall–Kier alpha value is -1.97. The Morgan fingerprint density at radius 3 is 2.55 bits per heavy atom. The van der Waals surface area contributed by atoms with E-state index in [2.05, 4.69) is 15.3 Å². The van der Waals surface area contributed by atoms with E-state index >= 15 is 0 Å². The summed E-state index contributed by atoms with van der Waals surface area (Å²) in [6.45, 7) is 3.73. The predicted molar refractivity (Wildman–Crippen MR) is 78.4 cm³/mol. The van der Waals surface area contributed by atoms with Gasteiger partial charge in [-0.2, -0.15) is 0 Å². The first-order valence-corrected chi connectivity index (χ1v) is 6.93. The summed E-state index contributed by atoms with van der Waals surface area (Å²) in [5.41, 5.74) is 3.24. The molecule has 0 spiro atoms. The Balaban J connectivity index is 2.15. The molecule has 104 valence electrons. The molecule has 0 bridgehead atoms. The van der Waals surface area contributed by atoms with Crippen LogP contribution < -0.4 is 5.32 Å². The maximum absolute atomic E-state index is 13.8. The highest BCUT2D eigenvalue weighted by atomic mass is 19.1. The highest BCUT2D eigenvalue weighted by Gasteiger charge is 2.28. The van der Waals surface area contributed by atoms with Gasteiger partial charge in [0.05, 0.1) is 5.69 Å². The van der Waals surface area contributed by atoms with Crippen LogP contribution >= 0.6 is 0 Å². The van der Waals surface area contributed by atoms with Crippen LogP contribution in [0.1, 0.15) is 35.7 Å². The van der Waals surface area contributed by atoms with Gasteiger partial charge in [0.25, 0.3) is 0 Å². The Kier molecular flexibility index (Phi) is 3.16. The predicted octanol–water partition coefficient (Wildman–Crippen LogP) is 3.82. The number of anilines is 1. The van der Waals surface area contributed by atoms with Crippen molar-refractivity contribution in [3.05, 3.63) is 41.0 Å². The molecular formula is C16H18FN3. The minimum absolute atomic E-state index is 0.195. The molecule has 1 fully saturated rings. The van der Waals surface area contributed by atoms with Gasteiger partial charge in [-0.05, 0) is 38.3 Å². The second kappa shape index (κ2) is 4.85. The number of halogens is 1. The maximum atomic E-state index is 13.8. The first-order valence-electron chi connectivity index (χ1n) is 6.93. The molecule has 0 aliphatic heterocycles. The molecule has 1 aliphatic rings. The first-order chi connectivity index (χ1) is 9.60. The zero-order valence-electron chi connectivity index (χ0n) is 12.0. The van der Waals surface area contributed by atoms with Gasteiger partial charge in [-0.25, -0.2) is 14.4 Å². The minimum atomic E-state index is -0.195. The standard InChI is InChI=1S/C16H18FN3/c1-9-4-5-12(8-13(9)17)14-10(2)15(18-3)20-16(19-14)11-6-7-11/h4-5,8,11H,6-7H2,1-3H3,(H,18,19,20). The highest BCUT2D eigenvalue weighted by Crippen LogP contribution is 2.40. The number of nitrogens with zero attached hydrogens (tertiary/aromatic N) is 2. The SMILES string of the molecule is CNc1nc(C2CC2)nc(-c2ccc(C)c(F)c2)c1C. The van der Waals surface area contributed by atoms with E-state index in [4.69, 9.17) is 0 Å². The lowest BCUT2D eigenvalue weighted by molar-refractivity contribution is 0.619. The molecule has 0 saturated heterocycles. The summed E-state index contributed by atoms with van der Waals surface area (Å²) >= 11 is 0. The van der Waals surface area contributed by atoms with Crippen molar-refractivity contribution in [3.8, 4) is 11.3 Å². The van der Waals surface area contributed by atoms with Crippen molar-refractivity contribution >= 4 is 5.82 Å². The average molecular weight is 271 g/mol. The van der Waals surface area contributed by atoms with E-state index < -0.39 is 0 Å². The monoisotopic (exact) mass is 271 g/mol. The molecule has 1 aromatic heterocycles. The number of hydrogen-bond donors (Lipinski definition) is 1. The number of aromatic nitrogens is 2. The van der Waals surface area contributed by atoms with Crippen LogP contribution in [0.25, 0.3) is 11.3 Å². The molecule has 1 saturated carbocycles. The lowest BCUT2D eigenvalue weighted by atomic mass is 10.0. The van der Waals surface area contributed by atoms with Gasteiger partial charge in [-0.3, -0.25) is 0 Å². The van der Waals surface area contributed by atoms with Crippen LogP contribution in [0.2, 0.25) is 0 Å². The summed E-state index contributed by atoms with van der Waals surface area (Å²) in [6.07, 6.45) is 2.29. The van der Waals surface area contributed by atoms with E-state index in [1.54, 1.807) is 19.1 Å². The first kappa shape index (κ1) is 13.0. The van der Waals surface area contributed by atoms with Crippen molar-refractivity contribution in [2.75, 3.05) is 12.4 Å². The topological polar surface area (TPSA) is 37.8 Å². The number of aryl methyl sites for hydroxylation is 1. The van der Waals surface area contributed by atoms with Gasteiger partial charge in [0.1, 0.15) is 17.5 Å². The minimum Gasteiger partial charge on any atom is -0.373 e. The molecule has 0 atom stereocenters. The molecule has 0 amide bonds. The van der Waals surface area contributed by atoms with Crippen molar-refractivity contribution in [1.29, 1.82) is 0 Å². The molecule has 3 nitrogen and oxygen atoms in total. The molecule has 3 rings (SSSR count). The van der Waals surface area contributed by atoms with E-state index in [0.29, 0.717) is 11.5 Å². The van der Waals surface area contributed by atoms with E-state index in [0.717, 1.165) is 41.3 Å². The third-order valence-corrected chi connectivity index (χ3v) is 3.79. The fourth-order valence-corrected chi connectivity index (χ4v) is 2.32. The second-order valence-corrected chi connectivity index (χ2v) is 5.39. The molecule has 0 radical (unpaired) electrons. The van der Waals surface area contributed by atoms with Crippen LogP contribution in [0.4, 0.5) is 10.2 Å². The third kappa shape index (κ3) is 2.26. The van der Waals surface area contributed by atoms with Gasteiger partial charge < -0.3 is 5.32 Å².